The Balaban J connectivity index is 1.73. The molecule has 0 saturated heterocycles. The molecular weight excluding hydrogens is 398 g/mol. The Morgan fingerprint density at radius 3 is 2.39 bits per heavy atom. The topological polar surface area (TPSA) is 38.7 Å². The highest BCUT2D eigenvalue weighted by molar-refractivity contribution is 5.37. The molecule has 0 amide bonds. The van der Waals surface area contributed by atoms with Crippen LogP contribution in [-0.2, 0) is 23.7 Å². The molecule has 0 spiro atoms. The normalized spacial score (nSPS) is 18.9. The molecule has 1 aliphatic carbocycles. The van der Waals surface area contributed by atoms with Crippen molar-refractivity contribution in [3.63, 3.8) is 0 Å². The fourth-order valence-electron chi connectivity index (χ4n) is 4.10. The molecule has 5 heteroatoms. The highest BCUT2D eigenvalue weighted by Gasteiger charge is 2.34. The van der Waals surface area contributed by atoms with Crippen molar-refractivity contribution in [2.24, 2.45) is 5.92 Å². The van der Waals surface area contributed by atoms with Crippen LogP contribution in [0, 0.1) is 5.92 Å². The second kappa shape index (κ2) is 10.9. The number of alkyl halides is 2. The van der Waals surface area contributed by atoms with Gasteiger partial charge in [0.15, 0.2) is 0 Å². The number of benzene rings is 2. The van der Waals surface area contributed by atoms with Gasteiger partial charge in [-0.2, -0.15) is 8.78 Å². The number of aliphatic hydroxyl groups excluding tert-OH is 1. The summed E-state index contributed by atoms with van der Waals surface area (Å²) in [7, 11) is 1.59. The van der Waals surface area contributed by atoms with E-state index >= 15 is 0 Å². The zero-order valence-corrected chi connectivity index (χ0v) is 18.3. The fourth-order valence-corrected chi connectivity index (χ4v) is 4.10. The lowest BCUT2D eigenvalue weighted by Gasteiger charge is -2.23. The molecule has 0 aliphatic heterocycles. The number of hydrogen-bond donors (Lipinski definition) is 1. The number of hydrogen-bond acceptors (Lipinski definition) is 3. The number of aliphatic hydroxyl groups is 1. The maximum Gasteiger partial charge on any atom is 0.426 e. The average Bonchev–Trinajstić information content (AvgIpc) is 2.79. The van der Waals surface area contributed by atoms with Gasteiger partial charge < -0.3 is 14.6 Å². The molecule has 0 aromatic heterocycles. The molecule has 0 fully saturated rings. The van der Waals surface area contributed by atoms with Crippen LogP contribution in [0.5, 0.6) is 5.75 Å². The molecule has 168 valence electrons. The van der Waals surface area contributed by atoms with Crippen molar-refractivity contribution >= 4 is 0 Å². The molecule has 0 radical (unpaired) electrons. The molecule has 1 N–H and O–H groups in total. The summed E-state index contributed by atoms with van der Waals surface area (Å²) in [6, 6.07) is 11.4. The van der Waals surface area contributed by atoms with Crippen LogP contribution in [0.4, 0.5) is 8.78 Å². The van der Waals surface area contributed by atoms with E-state index in [-0.39, 0.29) is 23.8 Å². The molecular formula is C26H32F2O3. The van der Waals surface area contributed by atoms with Gasteiger partial charge in [0, 0.05) is 19.6 Å². The van der Waals surface area contributed by atoms with Crippen LogP contribution >= 0.6 is 0 Å². The first-order valence-corrected chi connectivity index (χ1v) is 11.0. The number of rotatable bonds is 10. The van der Waals surface area contributed by atoms with E-state index in [0.29, 0.717) is 25.4 Å². The molecule has 2 atom stereocenters. The van der Waals surface area contributed by atoms with Crippen molar-refractivity contribution in [1.82, 2.24) is 0 Å². The third kappa shape index (κ3) is 6.14. The third-order valence-electron chi connectivity index (χ3n) is 6.04. The molecule has 0 saturated carbocycles. The van der Waals surface area contributed by atoms with Crippen molar-refractivity contribution < 1.29 is 23.4 Å². The summed E-state index contributed by atoms with van der Waals surface area (Å²) in [6.07, 6.45) is 5.37. The highest BCUT2D eigenvalue weighted by atomic mass is 19.3. The molecule has 2 aromatic rings. The highest BCUT2D eigenvalue weighted by Crippen LogP contribution is 2.35. The summed E-state index contributed by atoms with van der Waals surface area (Å²) in [4.78, 5) is 0. The Bertz CT molecular complexity index is 861. The summed E-state index contributed by atoms with van der Waals surface area (Å²) in [6.45, 7) is 2.65. The second-order valence-electron chi connectivity index (χ2n) is 8.12. The van der Waals surface area contributed by atoms with Gasteiger partial charge in [0.1, 0.15) is 5.75 Å². The Hall–Kier alpha value is -2.24. The van der Waals surface area contributed by atoms with Gasteiger partial charge in [0.2, 0.25) is 0 Å². The van der Waals surface area contributed by atoms with E-state index < -0.39 is 6.11 Å². The van der Waals surface area contributed by atoms with Crippen molar-refractivity contribution in [3.8, 4) is 5.75 Å². The van der Waals surface area contributed by atoms with Crippen LogP contribution in [0.25, 0.3) is 0 Å². The third-order valence-corrected chi connectivity index (χ3v) is 6.04. The number of ether oxygens (including phenoxy) is 2. The first-order valence-electron chi connectivity index (χ1n) is 11.0. The Labute approximate surface area is 183 Å². The molecule has 31 heavy (non-hydrogen) atoms. The second-order valence-corrected chi connectivity index (χ2v) is 8.12. The van der Waals surface area contributed by atoms with Gasteiger partial charge in [-0.1, -0.05) is 37.3 Å². The SMILES string of the molecule is CCC1C=CC(c2ccc(C(F)(F)Oc3ccc(CCO)c(CCOC)c3)cc2)CC1. The van der Waals surface area contributed by atoms with Crippen LogP contribution < -0.4 is 4.74 Å². The molecule has 0 heterocycles. The van der Waals surface area contributed by atoms with Gasteiger partial charge in [0.05, 0.1) is 12.2 Å². The lowest BCUT2D eigenvalue weighted by Crippen LogP contribution is -2.22. The number of methoxy groups -OCH3 is 1. The van der Waals surface area contributed by atoms with Crippen LogP contribution in [-0.4, -0.2) is 25.4 Å². The van der Waals surface area contributed by atoms with Crippen LogP contribution in [0.15, 0.2) is 54.6 Å². The van der Waals surface area contributed by atoms with E-state index in [0.717, 1.165) is 36.0 Å². The quantitative estimate of drug-likeness (QED) is 0.470. The first kappa shape index (κ1) is 23.4. The summed E-state index contributed by atoms with van der Waals surface area (Å²) in [5.74, 6) is 1.02. The van der Waals surface area contributed by atoms with Crippen LogP contribution in [0.3, 0.4) is 0 Å². The lowest BCUT2D eigenvalue weighted by molar-refractivity contribution is -0.185. The molecule has 0 bridgehead atoms. The summed E-state index contributed by atoms with van der Waals surface area (Å²) >= 11 is 0. The summed E-state index contributed by atoms with van der Waals surface area (Å²) < 4.78 is 39.9. The van der Waals surface area contributed by atoms with Gasteiger partial charge in [-0.25, -0.2) is 0 Å². The minimum absolute atomic E-state index is 0.00201. The van der Waals surface area contributed by atoms with Crippen molar-refractivity contribution in [1.29, 1.82) is 0 Å². The van der Waals surface area contributed by atoms with Crippen molar-refractivity contribution in [2.45, 2.75) is 51.1 Å². The van der Waals surface area contributed by atoms with E-state index in [2.05, 4.69) is 19.1 Å². The molecule has 2 aromatic carbocycles. The fraction of sp³-hybridized carbons (Fsp3) is 0.462. The van der Waals surface area contributed by atoms with Crippen molar-refractivity contribution in [3.05, 3.63) is 76.9 Å². The molecule has 2 unspecified atom stereocenters. The smallest absolute Gasteiger partial charge is 0.426 e. The molecule has 3 nitrogen and oxygen atoms in total. The average molecular weight is 431 g/mol. The van der Waals surface area contributed by atoms with Crippen LogP contribution in [0.2, 0.25) is 0 Å². The van der Waals surface area contributed by atoms with Gasteiger partial charge in [-0.3, -0.25) is 0 Å². The van der Waals surface area contributed by atoms with E-state index in [1.54, 1.807) is 31.4 Å². The van der Waals surface area contributed by atoms with Crippen molar-refractivity contribution in [2.75, 3.05) is 20.3 Å². The maximum atomic E-state index is 14.8. The monoisotopic (exact) mass is 430 g/mol. The Kier molecular flexibility index (Phi) is 8.22. The summed E-state index contributed by atoms with van der Waals surface area (Å²) in [5, 5.41) is 9.23. The van der Waals surface area contributed by atoms with E-state index in [1.165, 1.54) is 18.2 Å². The standard InChI is InChI=1S/C26H32F2O3/c1-3-19-4-6-20(7-5-19)21-8-11-24(12-9-21)26(27,28)31-25-13-10-22(14-16-29)23(18-25)15-17-30-2/h4,6,8-13,18-20,29H,3,5,7,14-17H2,1-2H3. The molecule has 1 aliphatic rings. The first-order chi connectivity index (χ1) is 15.0. The van der Waals surface area contributed by atoms with Gasteiger partial charge >= 0.3 is 6.11 Å². The van der Waals surface area contributed by atoms with E-state index in [1.807, 2.05) is 0 Å². The van der Waals surface area contributed by atoms with E-state index in [9.17, 15) is 13.9 Å². The lowest BCUT2D eigenvalue weighted by atomic mass is 9.83. The number of allylic oxidation sites excluding steroid dienone is 2. The zero-order valence-electron chi connectivity index (χ0n) is 18.3. The minimum atomic E-state index is -3.44. The van der Waals surface area contributed by atoms with E-state index in [4.69, 9.17) is 9.47 Å². The van der Waals surface area contributed by atoms with Gasteiger partial charge in [-0.15, -0.1) is 0 Å². The predicted octanol–water partition coefficient (Wildman–Crippen LogP) is 6.00. The largest absolute Gasteiger partial charge is 0.429 e. The minimum Gasteiger partial charge on any atom is -0.429 e. The Morgan fingerprint density at radius 2 is 1.77 bits per heavy atom. The number of halogens is 2. The summed E-state index contributed by atoms with van der Waals surface area (Å²) in [5.41, 5.74) is 2.64. The predicted molar refractivity (Wildman–Crippen MR) is 119 cm³/mol. The van der Waals surface area contributed by atoms with Gasteiger partial charge in [0.25, 0.3) is 0 Å². The molecule has 3 rings (SSSR count). The zero-order chi connectivity index (χ0) is 22.3. The van der Waals surface area contributed by atoms with Gasteiger partial charge in [-0.05, 0) is 79.0 Å². The Morgan fingerprint density at radius 1 is 1.00 bits per heavy atom. The maximum absolute atomic E-state index is 14.8. The van der Waals surface area contributed by atoms with Crippen LogP contribution in [0.1, 0.15) is 54.4 Å².